The number of amides is 1. The van der Waals surface area contributed by atoms with Gasteiger partial charge in [0.25, 0.3) is 0 Å². The zero-order valence-electron chi connectivity index (χ0n) is 16.1. The van der Waals surface area contributed by atoms with E-state index in [-0.39, 0.29) is 29.9 Å². The van der Waals surface area contributed by atoms with Crippen LogP contribution < -0.4 is 5.32 Å². The number of aliphatic hydroxyl groups is 1. The maximum atomic E-state index is 13.2. The highest BCUT2D eigenvalue weighted by molar-refractivity contribution is 6.07. The second kappa shape index (κ2) is 6.27. The molecule has 0 bridgehead atoms. The summed E-state index contributed by atoms with van der Waals surface area (Å²) in [5.41, 5.74) is 1.36. The second-order valence-electron chi connectivity index (χ2n) is 8.58. The molecule has 1 aromatic carbocycles. The molecule has 3 saturated heterocycles. The normalized spacial score (nSPS) is 41.9. The van der Waals surface area contributed by atoms with Crippen molar-refractivity contribution in [3.63, 3.8) is 0 Å². The fraction of sp³-hybridized carbons (Fsp3) is 0.619. The molecule has 5 rings (SSSR count). The number of fused-ring (bicyclic) bond motifs is 5. The Bertz CT molecular complexity index is 829. The van der Waals surface area contributed by atoms with Crippen LogP contribution in [0, 0.1) is 17.8 Å². The minimum Gasteiger partial charge on any atom is -0.469 e. The SMILES string of the molecule is COC(=O)C1C(O)O[C@@H](C)[C@H]2CN3CC[C@@]4(C(=O)Nc5ccccc54)[C@@H]3C[C@H]12. The lowest BCUT2D eigenvalue weighted by Crippen LogP contribution is -2.61. The minimum absolute atomic E-state index is 0.00190. The van der Waals surface area contributed by atoms with E-state index in [1.165, 1.54) is 7.11 Å². The lowest BCUT2D eigenvalue weighted by molar-refractivity contribution is -0.244. The Morgan fingerprint density at radius 3 is 2.93 bits per heavy atom. The van der Waals surface area contributed by atoms with Crippen LogP contribution in [0.2, 0.25) is 0 Å². The summed E-state index contributed by atoms with van der Waals surface area (Å²) in [6.07, 6.45) is 0.109. The molecule has 3 fully saturated rings. The van der Waals surface area contributed by atoms with Gasteiger partial charge in [-0.2, -0.15) is 0 Å². The van der Waals surface area contributed by atoms with Crippen molar-refractivity contribution >= 4 is 17.6 Å². The summed E-state index contributed by atoms with van der Waals surface area (Å²) in [6.45, 7) is 3.56. The van der Waals surface area contributed by atoms with Gasteiger partial charge >= 0.3 is 5.97 Å². The molecule has 1 spiro atoms. The quantitative estimate of drug-likeness (QED) is 0.703. The lowest BCUT2D eigenvalue weighted by Gasteiger charge is -2.51. The highest BCUT2D eigenvalue weighted by atomic mass is 16.6. The molecule has 4 aliphatic heterocycles. The molecule has 2 N–H and O–H groups in total. The zero-order valence-corrected chi connectivity index (χ0v) is 16.1. The van der Waals surface area contributed by atoms with E-state index in [0.717, 1.165) is 30.8 Å². The number of piperidine rings is 1. The van der Waals surface area contributed by atoms with Gasteiger partial charge in [-0.3, -0.25) is 14.5 Å². The number of methoxy groups -OCH3 is 1. The molecule has 0 aromatic heterocycles. The number of nitrogens with one attached hydrogen (secondary N) is 1. The van der Waals surface area contributed by atoms with Gasteiger partial charge in [-0.15, -0.1) is 0 Å². The maximum Gasteiger partial charge on any atom is 0.314 e. The second-order valence-corrected chi connectivity index (χ2v) is 8.58. The third kappa shape index (κ3) is 2.27. The number of esters is 1. The lowest BCUT2D eigenvalue weighted by atomic mass is 9.64. The summed E-state index contributed by atoms with van der Waals surface area (Å²) in [5.74, 6) is -1.06. The Balaban J connectivity index is 1.54. The monoisotopic (exact) mass is 386 g/mol. The Kier molecular flexibility index (Phi) is 4.05. The fourth-order valence-corrected chi connectivity index (χ4v) is 6.23. The predicted octanol–water partition coefficient (Wildman–Crippen LogP) is 1.11. The van der Waals surface area contributed by atoms with Gasteiger partial charge < -0.3 is 19.9 Å². The number of para-hydroxylation sites is 1. The van der Waals surface area contributed by atoms with Crippen LogP contribution in [0.25, 0.3) is 0 Å². The maximum absolute atomic E-state index is 13.2. The van der Waals surface area contributed by atoms with E-state index < -0.39 is 23.6 Å². The van der Waals surface area contributed by atoms with Gasteiger partial charge in [0.15, 0.2) is 6.29 Å². The molecular formula is C21H26N2O5. The molecule has 7 heteroatoms. The number of benzene rings is 1. The summed E-state index contributed by atoms with van der Waals surface area (Å²) < 4.78 is 10.7. The Morgan fingerprint density at radius 2 is 2.14 bits per heavy atom. The largest absolute Gasteiger partial charge is 0.469 e. The Hall–Kier alpha value is -1.96. The molecule has 1 aromatic rings. The van der Waals surface area contributed by atoms with E-state index in [1.807, 2.05) is 31.2 Å². The average molecular weight is 386 g/mol. The molecule has 150 valence electrons. The number of anilines is 1. The van der Waals surface area contributed by atoms with Crippen LogP contribution in [0.3, 0.4) is 0 Å². The minimum atomic E-state index is -1.17. The van der Waals surface area contributed by atoms with E-state index in [4.69, 9.17) is 9.47 Å². The molecule has 2 unspecified atom stereocenters. The van der Waals surface area contributed by atoms with Crippen molar-refractivity contribution in [3.8, 4) is 0 Å². The van der Waals surface area contributed by atoms with Crippen molar-refractivity contribution in [3.05, 3.63) is 29.8 Å². The molecule has 0 aliphatic carbocycles. The molecule has 4 heterocycles. The highest BCUT2D eigenvalue weighted by Gasteiger charge is 2.62. The Labute approximate surface area is 164 Å². The third-order valence-corrected chi connectivity index (χ3v) is 7.55. The number of aliphatic hydroxyl groups excluding tert-OH is 1. The molecule has 7 nitrogen and oxygen atoms in total. The van der Waals surface area contributed by atoms with Crippen LogP contribution in [0.1, 0.15) is 25.3 Å². The number of carbonyl (C=O) groups is 2. The predicted molar refractivity (Wildman–Crippen MR) is 100 cm³/mol. The van der Waals surface area contributed by atoms with Crippen molar-refractivity contribution in [2.45, 2.75) is 43.6 Å². The number of rotatable bonds is 1. The van der Waals surface area contributed by atoms with E-state index in [2.05, 4.69) is 10.2 Å². The smallest absolute Gasteiger partial charge is 0.314 e. The van der Waals surface area contributed by atoms with Gasteiger partial charge in [-0.1, -0.05) is 18.2 Å². The molecular weight excluding hydrogens is 360 g/mol. The highest BCUT2D eigenvalue weighted by Crippen LogP contribution is 2.54. The first-order valence-electron chi connectivity index (χ1n) is 10.0. The number of carbonyl (C=O) groups excluding carboxylic acids is 2. The number of nitrogens with zero attached hydrogens (tertiary/aromatic N) is 1. The van der Waals surface area contributed by atoms with Gasteiger partial charge in [0.05, 0.1) is 18.6 Å². The van der Waals surface area contributed by atoms with Crippen molar-refractivity contribution < 1.29 is 24.2 Å². The van der Waals surface area contributed by atoms with Gasteiger partial charge in [-0.05, 0) is 43.9 Å². The number of hydrogen-bond donors (Lipinski definition) is 2. The van der Waals surface area contributed by atoms with Gasteiger partial charge in [-0.25, -0.2) is 0 Å². The van der Waals surface area contributed by atoms with Crippen LogP contribution in [0.4, 0.5) is 5.69 Å². The van der Waals surface area contributed by atoms with Crippen molar-refractivity contribution in [2.24, 2.45) is 17.8 Å². The third-order valence-electron chi connectivity index (χ3n) is 7.55. The van der Waals surface area contributed by atoms with Crippen molar-refractivity contribution in [1.82, 2.24) is 4.90 Å². The van der Waals surface area contributed by atoms with Crippen LogP contribution >= 0.6 is 0 Å². The first-order chi connectivity index (χ1) is 13.5. The van der Waals surface area contributed by atoms with Gasteiger partial charge in [0.1, 0.15) is 5.92 Å². The van der Waals surface area contributed by atoms with E-state index >= 15 is 0 Å². The molecule has 1 amide bonds. The Morgan fingerprint density at radius 1 is 1.36 bits per heavy atom. The van der Waals surface area contributed by atoms with Gasteiger partial charge in [0.2, 0.25) is 5.91 Å². The number of hydrogen-bond acceptors (Lipinski definition) is 6. The van der Waals surface area contributed by atoms with Crippen LogP contribution in [0.15, 0.2) is 24.3 Å². The summed E-state index contributed by atoms with van der Waals surface area (Å²) in [6, 6.07) is 7.91. The first kappa shape index (κ1) is 18.1. The molecule has 4 aliphatic rings. The molecule has 7 atom stereocenters. The van der Waals surface area contributed by atoms with Crippen LogP contribution in [-0.4, -0.2) is 60.5 Å². The fourth-order valence-electron chi connectivity index (χ4n) is 6.23. The average Bonchev–Trinajstić information content (AvgIpc) is 3.20. The van der Waals surface area contributed by atoms with Crippen molar-refractivity contribution in [2.75, 3.05) is 25.5 Å². The van der Waals surface area contributed by atoms with Crippen molar-refractivity contribution in [1.29, 1.82) is 0 Å². The van der Waals surface area contributed by atoms with E-state index in [1.54, 1.807) is 0 Å². The standard InChI is InChI=1S/C21H26N2O5/c1-11-13-10-23-8-7-21(14-5-3-4-6-15(14)22-20(21)26)16(23)9-12(13)17(18(24)27-2)19(25)28-11/h3-6,11-13,16-17,19,25H,7-10H2,1-2H3,(H,22,26)/t11-,12-,13+,16-,17?,19?,21-/m0/s1. The molecule has 0 radical (unpaired) electrons. The van der Waals surface area contributed by atoms with E-state index in [9.17, 15) is 14.7 Å². The summed E-state index contributed by atoms with van der Waals surface area (Å²) in [7, 11) is 1.34. The molecule has 28 heavy (non-hydrogen) atoms. The summed E-state index contributed by atoms with van der Waals surface area (Å²) in [5, 5.41) is 13.5. The number of ether oxygens (including phenoxy) is 2. The topological polar surface area (TPSA) is 88.1 Å². The zero-order chi connectivity index (χ0) is 19.6. The summed E-state index contributed by atoms with van der Waals surface area (Å²) >= 11 is 0. The first-order valence-corrected chi connectivity index (χ1v) is 10.0. The van der Waals surface area contributed by atoms with Crippen LogP contribution in [0.5, 0.6) is 0 Å². The summed E-state index contributed by atoms with van der Waals surface area (Å²) in [4.78, 5) is 28.0. The molecule has 0 saturated carbocycles. The van der Waals surface area contributed by atoms with Crippen LogP contribution in [-0.2, 0) is 24.5 Å². The van der Waals surface area contributed by atoms with E-state index in [0.29, 0.717) is 6.42 Å². The van der Waals surface area contributed by atoms with Gasteiger partial charge in [0, 0.05) is 24.2 Å².